The minimum atomic E-state index is -0.474. The smallest absolute Gasteiger partial charge is 0.258 e. The van der Waals surface area contributed by atoms with Gasteiger partial charge in [0.25, 0.3) is 5.69 Å². The van der Waals surface area contributed by atoms with Gasteiger partial charge in [0.15, 0.2) is 0 Å². The zero-order valence-electron chi connectivity index (χ0n) is 9.29. The van der Waals surface area contributed by atoms with Gasteiger partial charge in [0.05, 0.1) is 15.6 Å². The van der Waals surface area contributed by atoms with Crippen LogP contribution in [-0.2, 0) is 0 Å². The molecule has 1 aromatic heterocycles. The zero-order valence-corrected chi connectivity index (χ0v) is 10.0. The van der Waals surface area contributed by atoms with Crippen LogP contribution in [0.15, 0.2) is 42.6 Å². The highest BCUT2D eigenvalue weighted by Crippen LogP contribution is 2.23. The van der Waals surface area contributed by atoms with Gasteiger partial charge < -0.3 is 0 Å². The van der Waals surface area contributed by atoms with Gasteiger partial charge in [-0.15, -0.1) is 0 Å². The van der Waals surface area contributed by atoms with Crippen molar-refractivity contribution < 1.29 is 4.92 Å². The summed E-state index contributed by atoms with van der Waals surface area (Å²) in [5.41, 5.74) is 1.50. The number of nitro groups is 1. The molecular formula is C13H9ClN2O2. The Kier molecular flexibility index (Phi) is 3.69. The molecule has 18 heavy (non-hydrogen) atoms. The lowest BCUT2D eigenvalue weighted by atomic mass is 10.2. The van der Waals surface area contributed by atoms with Crippen molar-refractivity contribution in [2.45, 2.75) is 0 Å². The second kappa shape index (κ2) is 5.42. The molecule has 0 fully saturated rings. The average molecular weight is 261 g/mol. The van der Waals surface area contributed by atoms with Crippen LogP contribution in [0.4, 0.5) is 5.69 Å². The lowest BCUT2D eigenvalue weighted by Gasteiger charge is -1.98. The standard InChI is InChI=1S/C13H9ClN2O2/c14-13-9-12(16(17)18)7-5-10(13)4-6-11-3-1-2-8-15-11/h1-9H. The maximum Gasteiger partial charge on any atom is 0.270 e. The maximum atomic E-state index is 10.6. The summed E-state index contributed by atoms with van der Waals surface area (Å²) in [6.07, 6.45) is 5.26. The van der Waals surface area contributed by atoms with Crippen molar-refractivity contribution in [2.75, 3.05) is 0 Å². The molecule has 0 unspecified atom stereocenters. The fourth-order valence-corrected chi connectivity index (χ4v) is 1.65. The predicted molar refractivity (Wildman–Crippen MR) is 71.3 cm³/mol. The van der Waals surface area contributed by atoms with Gasteiger partial charge in [-0.05, 0) is 29.8 Å². The number of non-ortho nitro benzene ring substituents is 1. The molecule has 5 heteroatoms. The normalized spacial score (nSPS) is 10.7. The third-order valence-corrected chi connectivity index (χ3v) is 2.64. The molecule has 1 aromatic carbocycles. The van der Waals surface area contributed by atoms with Crippen LogP contribution in [-0.4, -0.2) is 9.91 Å². The van der Waals surface area contributed by atoms with Gasteiger partial charge in [0.1, 0.15) is 0 Å². The quantitative estimate of drug-likeness (QED) is 0.623. The number of hydrogen-bond acceptors (Lipinski definition) is 3. The second-order valence-corrected chi connectivity index (χ2v) is 3.96. The molecule has 2 rings (SSSR count). The van der Waals surface area contributed by atoms with Crippen LogP contribution < -0.4 is 0 Å². The fraction of sp³-hybridized carbons (Fsp3) is 0. The van der Waals surface area contributed by atoms with Gasteiger partial charge in [-0.1, -0.05) is 23.7 Å². The Morgan fingerprint density at radius 3 is 2.67 bits per heavy atom. The molecular weight excluding hydrogens is 252 g/mol. The van der Waals surface area contributed by atoms with Crippen molar-refractivity contribution in [1.29, 1.82) is 0 Å². The molecule has 4 nitrogen and oxygen atoms in total. The third-order valence-electron chi connectivity index (χ3n) is 2.32. The number of halogens is 1. The van der Waals surface area contributed by atoms with Gasteiger partial charge >= 0.3 is 0 Å². The summed E-state index contributed by atoms with van der Waals surface area (Å²) in [4.78, 5) is 14.2. The molecule has 2 aromatic rings. The Bertz CT molecular complexity index is 597. The van der Waals surface area contributed by atoms with E-state index in [1.54, 1.807) is 24.4 Å². The van der Waals surface area contributed by atoms with Crippen LogP contribution in [0.1, 0.15) is 11.3 Å². The molecule has 0 radical (unpaired) electrons. The molecule has 0 bridgehead atoms. The topological polar surface area (TPSA) is 56.0 Å². The number of nitrogens with zero attached hydrogens (tertiary/aromatic N) is 2. The zero-order chi connectivity index (χ0) is 13.0. The number of aromatic nitrogens is 1. The highest BCUT2D eigenvalue weighted by atomic mass is 35.5. The van der Waals surface area contributed by atoms with Crippen molar-refractivity contribution in [3.8, 4) is 0 Å². The Morgan fingerprint density at radius 1 is 1.22 bits per heavy atom. The summed E-state index contributed by atoms with van der Waals surface area (Å²) in [5, 5.41) is 10.9. The first kappa shape index (κ1) is 12.3. The van der Waals surface area contributed by atoms with Crippen molar-refractivity contribution in [3.05, 3.63) is 69.0 Å². The van der Waals surface area contributed by atoms with Gasteiger partial charge in [0.2, 0.25) is 0 Å². The molecule has 90 valence electrons. The van der Waals surface area contributed by atoms with E-state index in [0.717, 1.165) is 5.69 Å². The molecule has 1 heterocycles. The lowest BCUT2D eigenvalue weighted by Crippen LogP contribution is -1.88. The summed E-state index contributed by atoms with van der Waals surface area (Å²) >= 11 is 5.96. The molecule has 0 spiro atoms. The van der Waals surface area contributed by atoms with Crippen LogP contribution in [0, 0.1) is 10.1 Å². The average Bonchev–Trinajstić information content (AvgIpc) is 2.38. The van der Waals surface area contributed by atoms with E-state index in [9.17, 15) is 10.1 Å². The van der Waals surface area contributed by atoms with E-state index in [2.05, 4.69) is 4.98 Å². The predicted octanol–water partition coefficient (Wildman–Crippen LogP) is 3.81. The summed E-state index contributed by atoms with van der Waals surface area (Å²) < 4.78 is 0. The first-order valence-electron chi connectivity index (χ1n) is 5.20. The number of hydrogen-bond donors (Lipinski definition) is 0. The van der Waals surface area contributed by atoms with Gasteiger partial charge in [-0.2, -0.15) is 0 Å². The van der Waals surface area contributed by atoms with Crippen LogP contribution in [0.2, 0.25) is 5.02 Å². The van der Waals surface area contributed by atoms with Gasteiger partial charge in [0, 0.05) is 18.3 Å². The lowest BCUT2D eigenvalue weighted by molar-refractivity contribution is -0.384. The van der Waals surface area contributed by atoms with Crippen LogP contribution in [0.3, 0.4) is 0 Å². The SMILES string of the molecule is O=[N+]([O-])c1ccc(C=Cc2ccccn2)c(Cl)c1. The van der Waals surface area contributed by atoms with E-state index in [1.165, 1.54) is 12.1 Å². The van der Waals surface area contributed by atoms with Crippen molar-refractivity contribution in [1.82, 2.24) is 4.98 Å². The molecule has 0 N–H and O–H groups in total. The minimum absolute atomic E-state index is 0.0185. The molecule has 0 amide bonds. The molecule has 0 aliphatic rings. The monoisotopic (exact) mass is 260 g/mol. The minimum Gasteiger partial charge on any atom is -0.258 e. The van der Waals surface area contributed by atoms with Crippen LogP contribution >= 0.6 is 11.6 Å². The Hall–Kier alpha value is -2.20. The van der Waals surface area contributed by atoms with Crippen LogP contribution in [0.25, 0.3) is 12.2 Å². The van der Waals surface area contributed by atoms with Crippen molar-refractivity contribution in [3.63, 3.8) is 0 Å². The Balaban J connectivity index is 2.25. The van der Waals surface area contributed by atoms with E-state index in [4.69, 9.17) is 11.6 Å². The molecule has 0 saturated carbocycles. The van der Waals surface area contributed by atoms with E-state index in [-0.39, 0.29) is 5.69 Å². The molecule has 0 aliphatic heterocycles. The maximum absolute atomic E-state index is 10.6. The summed E-state index contributed by atoms with van der Waals surface area (Å²) in [6.45, 7) is 0. The number of benzene rings is 1. The number of nitro benzene ring substituents is 1. The van der Waals surface area contributed by atoms with Gasteiger partial charge in [-0.25, -0.2) is 0 Å². The van der Waals surface area contributed by atoms with E-state index < -0.39 is 4.92 Å². The van der Waals surface area contributed by atoms with Crippen LogP contribution in [0.5, 0.6) is 0 Å². The molecule has 0 atom stereocenters. The number of pyridine rings is 1. The highest BCUT2D eigenvalue weighted by molar-refractivity contribution is 6.32. The third kappa shape index (κ3) is 2.93. The highest BCUT2D eigenvalue weighted by Gasteiger charge is 2.07. The molecule has 0 saturated heterocycles. The largest absolute Gasteiger partial charge is 0.270 e. The van der Waals surface area contributed by atoms with Gasteiger partial charge in [-0.3, -0.25) is 15.1 Å². The van der Waals surface area contributed by atoms with E-state index in [1.807, 2.05) is 18.2 Å². The first-order chi connectivity index (χ1) is 8.66. The Labute approximate surface area is 109 Å². The fourth-order valence-electron chi connectivity index (χ4n) is 1.41. The van der Waals surface area contributed by atoms with Crippen molar-refractivity contribution in [2.24, 2.45) is 0 Å². The molecule has 0 aliphatic carbocycles. The van der Waals surface area contributed by atoms with E-state index >= 15 is 0 Å². The van der Waals surface area contributed by atoms with E-state index in [0.29, 0.717) is 10.6 Å². The second-order valence-electron chi connectivity index (χ2n) is 3.55. The summed E-state index contributed by atoms with van der Waals surface area (Å²) in [5.74, 6) is 0. The first-order valence-corrected chi connectivity index (χ1v) is 5.57. The van der Waals surface area contributed by atoms with Crippen molar-refractivity contribution >= 4 is 29.4 Å². The Morgan fingerprint density at radius 2 is 2.06 bits per heavy atom. The summed E-state index contributed by atoms with van der Waals surface area (Å²) in [6, 6.07) is 9.93. The number of rotatable bonds is 3. The summed E-state index contributed by atoms with van der Waals surface area (Å²) in [7, 11) is 0.